The van der Waals surface area contributed by atoms with E-state index in [0.717, 1.165) is 35.3 Å². The number of methoxy groups -OCH3 is 2. The Morgan fingerprint density at radius 1 is 1.10 bits per heavy atom. The van der Waals surface area contributed by atoms with Crippen molar-refractivity contribution in [2.75, 3.05) is 26.1 Å². The van der Waals surface area contributed by atoms with Crippen LogP contribution in [0, 0.1) is 0 Å². The van der Waals surface area contributed by atoms with Gasteiger partial charge in [-0.15, -0.1) is 0 Å². The van der Waals surface area contributed by atoms with Gasteiger partial charge >= 0.3 is 0 Å². The maximum Gasteiger partial charge on any atom is 0.241 e. The van der Waals surface area contributed by atoms with E-state index in [4.69, 9.17) is 9.47 Å². The van der Waals surface area contributed by atoms with Crippen LogP contribution in [0.3, 0.4) is 0 Å². The fourth-order valence-corrected chi connectivity index (χ4v) is 3.85. The molecule has 0 bridgehead atoms. The van der Waals surface area contributed by atoms with Crippen LogP contribution in [-0.2, 0) is 17.8 Å². The van der Waals surface area contributed by atoms with E-state index in [0.29, 0.717) is 12.3 Å². The summed E-state index contributed by atoms with van der Waals surface area (Å²) in [6, 6.07) is 13.4. The predicted octanol–water partition coefficient (Wildman–Crippen LogP) is 3.64. The predicted molar refractivity (Wildman–Crippen MR) is 113 cm³/mol. The smallest absolute Gasteiger partial charge is 0.241 e. The lowest BCUT2D eigenvalue weighted by Crippen LogP contribution is -2.44. The molecule has 1 atom stereocenters. The molecule has 1 amide bonds. The van der Waals surface area contributed by atoms with Gasteiger partial charge in [0.25, 0.3) is 0 Å². The molecule has 1 N–H and O–H groups in total. The largest absolute Gasteiger partial charge is 0.493 e. The van der Waals surface area contributed by atoms with Gasteiger partial charge in [0.2, 0.25) is 5.91 Å². The molecule has 2 heterocycles. The van der Waals surface area contributed by atoms with Gasteiger partial charge in [0.15, 0.2) is 11.5 Å². The monoisotopic (exact) mass is 391 g/mol. The minimum Gasteiger partial charge on any atom is -0.493 e. The van der Waals surface area contributed by atoms with Crippen molar-refractivity contribution in [3.8, 4) is 11.5 Å². The lowest BCUT2D eigenvalue weighted by atomic mass is 9.97. The van der Waals surface area contributed by atoms with Crippen LogP contribution < -0.4 is 14.8 Å². The molecule has 29 heavy (non-hydrogen) atoms. The van der Waals surface area contributed by atoms with Crippen LogP contribution in [0.25, 0.3) is 10.9 Å². The molecule has 4 rings (SSSR count). The first-order valence-corrected chi connectivity index (χ1v) is 9.73. The summed E-state index contributed by atoms with van der Waals surface area (Å²) in [5.74, 6) is 1.44. The SMILES string of the molecule is COc1cc2c(cc1OC)CN([C@@H](C)C(=O)Nc1cccc3ncccc13)CC2. The number of ether oxygens (including phenoxy) is 2. The second-order valence-corrected chi connectivity index (χ2v) is 7.24. The third kappa shape index (κ3) is 3.76. The van der Waals surface area contributed by atoms with Gasteiger partial charge in [-0.25, -0.2) is 0 Å². The van der Waals surface area contributed by atoms with Crippen molar-refractivity contribution in [2.45, 2.75) is 25.9 Å². The Kier molecular flexibility index (Phi) is 5.36. The number of anilines is 1. The van der Waals surface area contributed by atoms with E-state index in [1.54, 1.807) is 20.4 Å². The molecule has 1 aromatic heterocycles. The fraction of sp³-hybridized carbons (Fsp3) is 0.304. The van der Waals surface area contributed by atoms with Crippen molar-refractivity contribution in [3.05, 3.63) is 59.8 Å². The van der Waals surface area contributed by atoms with Gasteiger partial charge in [-0.2, -0.15) is 0 Å². The molecular weight excluding hydrogens is 366 g/mol. The number of aromatic nitrogens is 1. The Hall–Kier alpha value is -3.12. The quantitative estimate of drug-likeness (QED) is 0.719. The Morgan fingerprint density at radius 3 is 2.62 bits per heavy atom. The molecule has 3 aromatic rings. The summed E-state index contributed by atoms with van der Waals surface area (Å²) in [6.45, 7) is 3.46. The summed E-state index contributed by atoms with van der Waals surface area (Å²) >= 11 is 0. The molecule has 6 heteroatoms. The second-order valence-electron chi connectivity index (χ2n) is 7.24. The zero-order valence-electron chi connectivity index (χ0n) is 16.9. The molecule has 1 aliphatic rings. The fourth-order valence-electron chi connectivity index (χ4n) is 3.85. The first kappa shape index (κ1) is 19.2. The second kappa shape index (κ2) is 8.09. The summed E-state index contributed by atoms with van der Waals surface area (Å²) in [6.07, 6.45) is 2.62. The summed E-state index contributed by atoms with van der Waals surface area (Å²) in [5, 5.41) is 4.02. The van der Waals surface area contributed by atoms with Crippen LogP contribution >= 0.6 is 0 Å². The Balaban J connectivity index is 1.51. The zero-order chi connectivity index (χ0) is 20.4. The van der Waals surface area contributed by atoms with Crippen LogP contribution in [0.1, 0.15) is 18.1 Å². The van der Waals surface area contributed by atoms with Gasteiger partial charge in [-0.1, -0.05) is 6.07 Å². The number of rotatable bonds is 5. The number of nitrogens with one attached hydrogen (secondary N) is 1. The van der Waals surface area contributed by atoms with E-state index >= 15 is 0 Å². The normalized spacial score (nSPS) is 14.9. The molecule has 0 saturated carbocycles. The van der Waals surface area contributed by atoms with E-state index in [9.17, 15) is 4.79 Å². The van der Waals surface area contributed by atoms with Crippen LogP contribution in [0.15, 0.2) is 48.7 Å². The van der Waals surface area contributed by atoms with Gasteiger partial charge in [0.1, 0.15) is 0 Å². The zero-order valence-corrected chi connectivity index (χ0v) is 16.9. The standard InChI is InChI=1S/C23H25N3O3/c1-15(23(27)25-20-8-4-7-19-18(20)6-5-10-24-19)26-11-9-16-12-21(28-2)22(29-3)13-17(16)14-26/h4-8,10,12-13,15H,9,11,14H2,1-3H3,(H,25,27)/t15-/m0/s1. The van der Waals surface area contributed by atoms with E-state index < -0.39 is 0 Å². The summed E-state index contributed by atoms with van der Waals surface area (Å²) < 4.78 is 10.8. The van der Waals surface area contributed by atoms with E-state index in [1.165, 1.54) is 11.1 Å². The number of fused-ring (bicyclic) bond motifs is 2. The Bertz CT molecular complexity index is 1050. The highest BCUT2D eigenvalue weighted by Crippen LogP contribution is 2.33. The van der Waals surface area contributed by atoms with Crippen molar-refractivity contribution >= 4 is 22.5 Å². The van der Waals surface area contributed by atoms with Crippen LogP contribution in [0.4, 0.5) is 5.69 Å². The van der Waals surface area contributed by atoms with Gasteiger partial charge in [0, 0.05) is 24.7 Å². The van der Waals surface area contributed by atoms with Crippen molar-refractivity contribution in [3.63, 3.8) is 0 Å². The minimum atomic E-state index is -0.261. The first-order valence-electron chi connectivity index (χ1n) is 9.73. The number of hydrogen-bond donors (Lipinski definition) is 1. The lowest BCUT2D eigenvalue weighted by molar-refractivity contribution is -0.121. The molecule has 1 aliphatic heterocycles. The highest BCUT2D eigenvalue weighted by Gasteiger charge is 2.27. The van der Waals surface area contributed by atoms with Crippen LogP contribution in [-0.4, -0.2) is 42.6 Å². The molecule has 0 aliphatic carbocycles. The maximum atomic E-state index is 13.0. The summed E-state index contributed by atoms with van der Waals surface area (Å²) in [5.41, 5.74) is 4.07. The van der Waals surface area contributed by atoms with Crippen molar-refractivity contribution in [1.82, 2.24) is 9.88 Å². The van der Waals surface area contributed by atoms with Crippen LogP contribution in [0.2, 0.25) is 0 Å². The number of carbonyl (C=O) groups excluding carboxylic acids is 1. The van der Waals surface area contributed by atoms with E-state index in [1.807, 2.05) is 49.4 Å². The summed E-state index contributed by atoms with van der Waals surface area (Å²) in [7, 11) is 3.29. The van der Waals surface area contributed by atoms with Gasteiger partial charge in [0.05, 0.1) is 31.5 Å². The van der Waals surface area contributed by atoms with E-state index in [2.05, 4.69) is 15.2 Å². The molecule has 2 aromatic carbocycles. The average molecular weight is 391 g/mol. The Morgan fingerprint density at radius 2 is 1.86 bits per heavy atom. The van der Waals surface area contributed by atoms with Crippen molar-refractivity contribution in [1.29, 1.82) is 0 Å². The molecule has 6 nitrogen and oxygen atoms in total. The van der Waals surface area contributed by atoms with Gasteiger partial charge in [-0.05, 0) is 60.9 Å². The van der Waals surface area contributed by atoms with E-state index in [-0.39, 0.29) is 11.9 Å². The number of pyridine rings is 1. The molecule has 0 radical (unpaired) electrons. The third-order valence-electron chi connectivity index (χ3n) is 5.58. The van der Waals surface area contributed by atoms with Crippen molar-refractivity contribution in [2.24, 2.45) is 0 Å². The number of nitrogens with zero attached hydrogens (tertiary/aromatic N) is 2. The highest BCUT2D eigenvalue weighted by molar-refractivity contribution is 6.02. The minimum absolute atomic E-state index is 0.0229. The molecule has 0 unspecified atom stereocenters. The summed E-state index contributed by atoms with van der Waals surface area (Å²) in [4.78, 5) is 19.5. The molecular formula is C23H25N3O3. The van der Waals surface area contributed by atoms with Crippen molar-refractivity contribution < 1.29 is 14.3 Å². The Labute approximate surface area is 170 Å². The third-order valence-corrected chi connectivity index (χ3v) is 5.58. The van der Waals surface area contributed by atoms with Crippen LogP contribution in [0.5, 0.6) is 11.5 Å². The van der Waals surface area contributed by atoms with Gasteiger partial charge < -0.3 is 14.8 Å². The number of hydrogen-bond acceptors (Lipinski definition) is 5. The highest BCUT2D eigenvalue weighted by atomic mass is 16.5. The maximum absolute atomic E-state index is 13.0. The first-order chi connectivity index (χ1) is 14.1. The number of carbonyl (C=O) groups is 1. The molecule has 0 fully saturated rings. The average Bonchev–Trinajstić information content (AvgIpc) is 2.77. The molecule has 150 valence electrons. The number of amides is 1. The lowest BCUT2D eigenvalue weighted by Gasteiger charge is -2.33. The topological polar surface area (TPSA) is 63.7 Å². The number of benzene rings is 2. The van der Waals surface area contributed by atoms with Gasteiger partial charge in [-0.3, -0.25) is 14.7 Å². The molecule has 0 saturated heterocycles. The molecule has 0 spiro atoms.